The Hall–Kier alpha value is -3.93. The number of hydrogen-bond acceptors (Lipinski definition) is 6. The highest BCUT2D eigenvalue weighted by Crippen LogP contribution is 2.39. The first-order valence-electron chi connectivity index (χ1n) is 14.0. The third kappa shape index (κ3) is 6.37. The van der Waals surface area contributed by atoms with E-state index in [0.29, 0.717) is 24.9 Å². The SMILES string of the molecule is CC1CC1Cn1cc(-c2ccc3nc(Nc4cc(C(C)N5CCN(C(=O)CC(F)(F)F)CC5)ccn4)[nH]c3c2)cn1. The first kappa shape index (κ1) is 27.3. The number of piperazine rings is 1. The molecule has 2 N–H and O–H groups in total. The molecular weight excluding hydrogens is 533 g/mol. The van der Waals surface area contributed by atoms with E-state index in [1.807, 2.05) is 42.1 Å². The van der Waals surface area contributed by atoms with Crippen LogP contribution < -0.4 is 5.32 Å². The lowest BCUT2D eigenvalue weighted by Crippen LogP contribution is -2.50. The van der Waals surface area contributed by atoms with Crippen molar-refractivity contribution in [2.24, 2.45) is 11.8 Å². The normalized spacial score (nSPS) is 20.4. The first-order valence-corrected chi connectivity index (χ1v) is 14.0. The quantitative estimate of drug-likeness (QED) is 0.298. The fourth-order valence-corrected chi connectivity index (χ4v) is 5.50. The third-order valence-corrected chi connectivity index (χ3v) is 8.23. The molecule has 4 heterocycles. The molecular formula is C29H33F3N8O. The Morgan fingerprint density at radius 2 is 1.93 bits per heavy atom. The summed E-state index contributed by atoms with van der Waals surface area (Å²) in [5.41, 5.74) is 4.87. The number of rotatable bonds is 8. The number of alkyl halides is 3. The molecule has 1 amide bonds. The molecule has 3 atom stereocenters. The second-order valence-electron chi connectivity index (χ2n) is 11.2. The molecule has 6 rings (SSSR count). The fraction of sp³-hybridized carbons (Fsp3) is 0.448. The average molecular weight is 567 g/mol. The van der Waals surface area contributed by atoms with Gasteiger partial charge < -0.3 is 15.2 Å². The molecule has 1 aromatic carbocycles. The molecule has 9 nitrogen and oxygen atoms in total. The van der Waals surface area contributed by atoms with Gasteiger partial charge in [0.2, 0.25) is 11.9 Å². The Morgan fingerprint density at radius 3 is 2.66 bits per heavy atom. The van der Waals surface area contributed by atoms with Gasteiger partial charge in [-0.15, -0.1) is 0 Å². The van der Waals surface area contributed by atoms with Crippen molar-refractivity contribution < 1.29 is 18.0 Å². The number of nitrogens with zero attached hydrogens (tertiary/aromatic N) is 6. The molecule has 4 aromatic rings. The van der Waals surface area contributed by atoms with Crippen molar-refractivity contribution in [3.05, 3.63) is 54.5 Å². The van der Waals surface area contributed by atoms with Gasteiger partial charge in [-0.2, -0.15) is 18.3 Å². The van der Waals surface area contributed by atoms with Crippen molar-refractivity contribution >= 4 is 28.7 Å². The molecule has 1 aliphatic carbocycles. The molecule has 41 heavy (non-hydrogen) atoms. The number of nitrogens with one attached hydrogen (secondary N) is 2. The number of carbonyl (C=O) groups is 1. The molecule has 2 fully saturated rings. The van der Waals surface area contributed by atoms with E-state index in [2.05, 4.69) is 49.5 Å². The molecule has 3 aromatic heterocycles. The van der Waals surface area contributed by atoms with E-state index in [0.717, 1.165) is 46.1 Å². The van der Waals surface area contributed by atoms with E-state index in [9.17, 15) is 18.0 Å². The van der Waals surface area contributed by atoms with Crippen LogP contribution in [-0.2, 0) is 11.3 Å². The molecule has 0 radical (unpaired) electrons. The second kappa shape index (κ2) is 10.8. The number of amides is 1. The number of imidazole rings is 1. The van der Waals surface area contributed by atoms with Crippen LogP contribution in [-0.4, -0.2) is 72.8 Å². The van der Waals surface area contributed by atoms with Crippen LogP contribution in [0, 0.1) is 11.8 Å². The second-order valence-corrected chi connectivity index (χ2v) is 11.2. The minimum absolute atomic E-state index is 0.000641. The number of H-pyrrole nitrogens is 1. The number of aromatic nitrogens is 5. The summed E-state index contributed by atoms with van der Waals surface area (Å²) in [6.07, 6.45) is 1.10. The maximum atomic E-state index is 12.6. The standard InChI is InChI=1S/C29H33F3N8O/c1-18-11-22(18)16-40-17-23(15-34-40)21-3-4-24-25(12-21)36-28(35-24)37-26-13-20(5-6-33-26)19(2)38-7-9-39(10-8-38)27(41)14-29(30,31)32/h3-6,12-13,15,17-19,22H,7-11,14,16H2,1-2H3,(H2,33,35,36,37). The Balaban J connectivity index is 1.09. The highest BCUT2D eigenvalue weighted by Gasteiger charge is 2.35. The number of halogens is 3. The molecule has 1 aliphatic heterocycles. The van der Waals surface area contributed by atoms with Gasteiger partial charge in [0.05, 0.1) is 17.2 Å². The molecule has 3 unspecified atom stereocenters. The van der Waals surface area contributed by atoms with Gasteiger partial charge in [0.25, 0.3) is 0 Å². The Bertz CT molecular complexity index is 1540. The lowest BCUT2D eigenvalue weighted by Gasteiger charge is -2.38. The number of carbonyl (C=O) groups excluding carboxylic acids is 1. The van der Waals surface area contributed by atoms with Crippen molar-refractivity contribution in [3.63, 3.8) is 0 Å². The molecule has 0 bridgehead atoms. The first-order chi connectivity index (χ1) is 19.6. The van der Waals surface area contributed by atoms with Crippen LogP contribution in [0.25, 0.3) is 22.2 Å². The van der Waals surface area contributed by atoms with Gasteiger partial charge in [0.1, 0.15) is 12.2 Å². The summed E-state index contributed by atoms with van der Waals surface area (Å²) in [6.45, 7) is 6.83. The highest BCUT2D eigenvalue weighted by molar-refractivity contribution is 5.83. The number of anilines is 2. The predicted molar refractivity (Wildman–Crippen MR) is 149 cm³/mol. The van der Waals surface area contributed by atoms with Crippen LogP contribution in [0.4, 0.5) is 24.9 Å². The van der Waals surface area contributed by atoms with Crippen LogP contribution in [0.2, 0.25) is 0 Å². The van der Waals surface area contributed by atoms with Gasteiger partial charge in [-0.1, -0.05) is 13.0 Å². The van der Waals surface area contributed by atoms with E-state index in [1.165, 1.54) is 11.3 Å². The monoisotopic (exact) mass is 566 g/mol. The van der Waals surface area contributed by atoms with E-state index in [4.69, 9.17) is 0 Å². The zero-order chi connectivity index (χ0) is 28.7. The lowest BCUT2D eigenvalue weighted by molar-refractivity contribution is -0.162. The summed E-state index contributed by atoms with van der Waals surface area (Å²) in [6, 6.07) is 9.97. The van der Waals surface area contributed by atoms with Crippen molar-refractivity contribution in [3.8, 4) is 11.1 Å². The fourth-order valence-electron chi connectivity index (χ4n) is 5.50. The zero-order valence-electron chi connectivity index (χ0n) is 23.0. The van der Waals surface area contributed by atoms with Crippen LogP contribution >= 0.6 is 0 Å². The molecule has 1 saturated carbocycles. The minimum atomic E-state index is -4.48. The van der Waals surface area contributed by atoms with Gasteiger partial charge in [-0.3, -0.25) is 14.4 Å². The smallest absolute Gasteiger partial charge is 0.340 e. The van der Waals surface area contributed by atoms with Gasteiger partial charge in [-0.25, -0.2) is 9.97 Å². The molecule has 216 valence electrons. The van der Waals surface area contributed by atoms with Crippen LogP contribution in [0.15, 0.2) is 48.9 Å². The predicted octanol–water partition coefficient (Wildman–Crippen LogP) is 5.38. The van der Waals surface area contributed by atoms with E-state index < -0.39 is 18.5 Å². The van der Waals surface area contributed by atoms with Crippen molar-refractivity contribution in [2.45, 2.75) is 45.5 Å². The number of hydrogen-bond donors (Lipinski definition) is 2. The van der Waals surface area contributed by atoms with Crippen LogP contribution in [0.3, 0.4) is 0 Å². The Labute approximate surface area is 235 Å². The van der Waals surface area contributed by atoms with E-state index >= 15 is 0 Å². The highest BCUT2D eigenvalue weighted by atomic mass is 19.4. The number of aromatic amines is 1. The zero-order valence-corrected chi connectivity index (χ0v) is 23.0. The maximum Gasteiger partial charge on any atom is 0.397 e. The molecule has 2 aliphatic rings. The van der Waals surface area contributed by atoms with E-state index in [-0.39, 0.29) is 19.1 Å². The average Bonchev–Trinajstić information content (AvgIpc) is 3.27. The number of pyridine rings is 1. The Morgan fingerprint density at radius 1 is 1.15 bits per heavy atom. The van der Waals surface area contributed by atoms with Crippen LogP contribution in [0.5, 0.6) is 0 Å². The maximum absolute atomic E-state index is 12.6. The lowest BCUT2D eigenvalue weighted by atomic mass is 10.1. The molecule has 12 heteroatoms. The topological polar surface area (TPSA) is 95.0 Å². The number of fused-ring (bicyclic) bond motifs is 1. The summed E-state index contributed by atoms with van der Waals surface area (Å²) in [7, 11) is 0. The summed E-state index contributed by atoms with van der Waals surface area (Å²) in [5, 5.41) is 7.80. The summed E-state index contributed by atoms with van der Waals surface area (Å²) in [4.78, 5) is 27.8. The Kier molecular flexibility index (Phi) is 7.18. The van der Waals surface area contributed by atoms with Gasteiger partial charge in [-0.05, 0) is 60.6 Å². The van der Waals surface area contributed by atoms with Gasteiger partial charge >= 0.3 is 6.18 Å². The molecule has 0 spiro atoms. The summed E-state index contributed by atoms with van der Waals surface area (Å²) >= 11 is 0. The van der Waals surface area contributed by atoms with E-state index in [1.54, 1.807) is 6.20 Å². The number of benzene rings is 1. The molecule has 1 saturated heterocycles. The third-order valence-electron chi connectivity index (χ3n) is 8.23. The van der Waals surface area contributed by atoms with Crippen molar-refractivity contribution in [1.29, 1.82) is 0 Å². The van der Waals surface area contributed by atoms with Crippen LogP contribution in [0.1, 0.15) is 38.3 Å². The van der Waals surface area contributed by atoms with Gasteiger partial charge in [0.15, 0.2) is 0 Å². The van der Waals surface area contributed by atoms with Gasteiger partial charge in [0, 0.05) is 56.7 Å². The minimum Gasteiger partial charge on any atom is -0.340 e. The largest absolute Gasteiger partial charge is 0.397 e. The van der Waals surface area contributed by atoms with Crippen molar-refractivity contribution in [1.82, 2.24) is 34.5 Å². The summed E-state index contributed by atoms with van der Waals surface area (Å²) in [5.74, 6) is 1.86. The van der Waals surface area contributed by atoms with Crippen molar-refractivity contribution in [2.75, 3.05) is 31.5 Å². The summed E-state index contributed by atoms with van der Waals surface area (Å²) < 4.78 is 39.8.